The van der Waals surface area contributed by atoms with Crippen LogP contribution in [0, 0.1) is 0 Å². The minimum atomic E-state index is -1.04. The normalized spacial score (nSPS) is 10.1. The van der Waals surface area contributed by atoms with Crippen molar-refractivity contribution in [2.75, 3.05) is 13.2 Å². The molecule has 0 aromatic heterocycles. The molecule has 1 rings (SSSR count). The minimum absolute atomic E-state index is 0.258. The maximum absolute atomic E-state index is 11.4. The molecule has 0 fully saturated rings. The average Bonchev–Trinajstić information content (AvgIpc) is 2.48. The zero-order valence-corrected chi connectivity index (χ0v) is 12.4. The number of carbonyl (C=O) groups excluding carboxylic acids is 1. The lowest BCUT2D eigenvalue weighted by Crippen LogP contribution is -2.29. The number of nitrogens with one attached hydrogen (secondary N) is 1. The van der Waals surface area contributed by atoms with E-state index in [1.165, 1.54) is 0 Å². The van der Waals surface area contributed by atoms with Crippen molar-refractivity contribution in [3.05, 3.63) is 29.8 Å². The number of benzene rings is 1. The Labute approximate surface area is 125 Å². The highest BCUT2D eigenvalue weighted by Gasteiger charge is 2.05. The van der Waals surface area contributed by atoms with Crippen molar-refractivity contribution in [1.82, 2.24) is 5.32 Å². The molecule has 1 aromatic rings. The van der Waals surface area contributed by atoms with Gasteiger partial charge in [-0.2, -0.15) is 0 Å². The van der Waals surface area contributed by atoms with Crippen molar-refractivity contribution in [2.45, 2.75) is 39.0 Å². The Balaban J connectivity index is 2.34. The molecule has 0 radical (unpaired) electrons. The van der Waals surface area contributed by atoms with Gasteiger partial charge in [0.05, 0.1) is 6.61 Å². The van der Waals surface area contributed by atoms with Gasteiger partial charge in [0.1, 0.15) is 12.3 Å². The molecule has 0 unspecified atom stereocenters. The van der Waals surface area contributed by atoms with E-state index in [-0.39, 0.29) is 18.9 Å². The van der Waals surface area contributed by atoms with E-state index in [1.807, 2.05) is 24.3 Å². The smallest absolute Gasteiger partial charge is 0.322 e. The predicted octanol–water partition coefficient (Wildman–Crippen LogP) is 2.39. The summed E-state index contributed by atoms with van der Waals surface area (Å²) in [4.78, 5) is 21.8. The molecule has 0 aliphatic rings. The summed E-state index contributed by atoms with van der Waals surface area (Å²) in [6, 6.07) is 7.67. The molecule has 0 atom stereocenters. The zero-order valence-electron chi connectivity index (χ0n) is 12.4. The molecule has 5 heteroatoms. The van der Waals surface area contributed by atoms with Gasteiger partial charge in [-0.15, -0.1) is 0 Å². The van der Waals surface area contributed by atoms with Crippen molar-refractivity contribution < 1.29 is 19.4 Å². The van der Waals surface area contributed by atoms with Crippen LogP contribution in [0.1, 0.15) is 38.2 Å². The Morgan fingerprint density at radius 1 is 1.29 bits per heavy atom. The number of hydrogen-bond acceptors (Lipinski definition) is 3. The van der Waals surface area contributed by atoms with Crippen LogP contribution in [-0.2, 0) is 16.0 Å². The maximum Gasteiger partial charge on any atom is 0.322 e. The van der Waals surface area contributed by atoms with Gasteiger partial charge in [-0.25, -0.2) is 0 Å². The van der Waals surface area contributed by atoms with Gasteiger partial charge in [0.15, 0.2) is 0 Å². The highest BCUT2D eigenvalue weighted by atomic mass is 16.5. The molecule has 2 N–H and O–H groups in total. The lowest BCUT2D eigenvalue weighted by atomic mass is 10.1. The van der Waals surface area contributed by atoms with E-state index >= 15 is 0 Å². The maximum atomic E-state index is 11.4. The molecule has 0 spiro atoms. The van der Waals surface area contributed by atoms with Gasteiger partial charge in [0.2, 0.25) is 5.91 Å². The molecule has 0 aliphatic heterocycles. The molecular formula is C16H23NO4. The Hall–Kier alpha value is -2.04. The van der Waals surface area contributed by atoms with Crippen LogP contribution in [0.3, 0.4) is 0 Å². The molecule has 1 aromatic carbocycles. The van der Waals surface area contributed by atoms with E-state index in [0.717, 1.165) is 30.6 Å². The monoisotopic (exact) mass is 293 g/mol. The van der Waals surface area contributed by atoms with Crippen LogP contribution in [0.5, 0.6) is 5.75 Å². The van der Waals surface area contributed by atoms with Gasteiger partial charge in [-0.05, 0) is 30.5 Å². The second-order valence-corrected chi connectivity index (χ2v) is 4.87. The summed E-state index contributed by atoms with van der Waals surface area (Å²) in [5.41, 5.74) is 1.01. The summed E-state index contributed by atoms with van der Waals surface area (Å²) in [7, 11) is 0. The Morgan fingerprint density at radius 3 is 2.81 bits per heavy atom. The second-order valence-electron chi connectivity index (χ2n) is 4.87. The first-order valence-corrected chi connectivity index (χ1v) is 7.32. The number of amides is 1. The van der Waals surface area contributed by atoms with Crippen LogP contribution >= 0.6 is 0 Å². The standard InChI is InChI=1S/C16H23NO4/c1-2-3-4-10-21-14-7-5-6-13(11-14)8-9-15(18)17-12-16(19)20/h5-7,11H,2-4,8-10,12H2,1H3,(H,17,18)(H,19,20). The van der Waals surface area contributed by atoms with E-state index in [2.05, 4.69) is 12.2 Å². The summed E-state index contributed by atoms with van der Waals surface area (Å²) in [5, 5.41) is 10.8. The van der Waals surface area contributed by atoms with Crippen LogP contribution in [0.2, 0.25) is 0 Å². The number of carboxylic acid groups (broad SMARTS) is 1. The van der Waals surface area contributed by atoms with E-state index in [0.29, 0.717) is 13.0 Å². The molecule has 1 amide bonds. The third-order valence-corrected chi connectivity index (χ3v) is 2.99. The summed E-state index contributed by atoms with van der Waals surface area (Å²) in [6.07, 6.45) is 4.20. The van der Waals surface area contributed by atoms with Crippen molar-refractivity contribution in [1.29, 1.82) is 0 Å². The van der Waals surface area contributed by atoms with Crippen LogP contribution < -0.4 is 10.1 Å². The summed E-state index contributed by atoms with van der Waals surface area (Å²) < 4.78 is 5.66. The lowest BCUT2D eigenvalue weighted by molar-refractivity contribution is -0.137. The van der Waals surface area contributed by atoms with Crippen molar-refractivity contribution in [2.24, 2.45) is 0 Å². The van der Waals surface area contributed by atoms with Crippen LogP contribution in [0.15, 0.2) is 24.3 Å². The van der Waals surface area contributed by atoms with E-state index < -0.39 is 5.97 Å². The van der Waals surface area contributed by atoms with Crippen LogP contribution in [0.25, 0.3) is 0 Å². The van der Waals surface area contributed by atoms with Gasteiger partial charge in [-0.3, -0.25) is 9.59 Å². The SMILES string of the molecule is CCCCCOc1cccc(CCC(=O)NCC(=O)O)c1. The fourth-order valence-corrected chi connectivity index (χ4v) is 1.85. The number of aryl methyl sites for hydroxylation is 1. The van der Waals surface area contributed by atoms with Crippen LogP contribution in [0.4, 0.5) is 0 Å². The van der Waals surface area contributed by atoms with Gasteiger partial charge in [0.25, 0.3) is 0 Å². The quantitative estimate of drug-likeness (QED) is 0.649. The van der Waals surface area contributed by atoms with Crippen molar-refractivity contribution in [3.63, 3.8) is 0 Å². The van der Waals surface area contributed by atoms with E-state index in [9.17, 15) is 9.59 Å². The molecule has 21 heavy (non-hydrogen) atoms. The molecule has 116 valence electrons. The summed E-state index contributed by atoms with van der Waals surface area (Å²) >= 11 is 0. The topological polar surface area (TPSA) is 75.6 Å². The lowest BCUT2D eigenvalue weighted by Gasteiger charge is -2.08. The first-order chi connectivity index (χ1) is 10.1. The fraction of sp³-hybridized carbons (Fsp3) is 0.500. The number of ether oxygens (including phenoxy) is 1. The number of unbranched alkanes of at least 4 members (excludes halogenated alkanes) is 2. The highest BCUT2D eigenvalue weighted by molar-refractivity contribution is 5.81. The minimum Gasteiger partial charge on any atom is -0.494 e. The third-order valence-electron chi connectivity index (χ3n) is 2.99. The number of rotatable bonds is 10. The number of carboxylic acids is 1. The molecule has 0 saturated heterocycles. The predicted molar refractivity (Wildman–Crippen MR) is 80.4 cm³/mol. The summed E-state index contributed by atoms with van der Waals surface area (Å²) in [5.74, 6) is -0.480. The third kappa shape index (κ3) is 7.97. The first-order valence-electron chi connectivity index (χ1n) is 7.32. The second kappa shape index (κ2) is 9.80. The van der Waals surface area contributed by atoms with Gasteiger partial charge in [-0.1, -0.05) is 31.9 Å². The zero-order chi connectivity index (χ0) is 15.5. The summed E-state index contributed by atoms with van der Waals surface area (Å²) in [6.45, 7) is 2.52. The number of hydrogen-bond donors (Lipinski definition) is 2. The Kier molecular flexibility index (Phi) is 7.94. The molecule has 5 nitrogen and oxygen atoms in total. The molecule has 0 heterocycles. The average molecular weight is 293 g/mol. The van der Waals surface area contributed by atoms with Gasteiger partial charge >= 0.3 is 5.97 Å². The number of carbonyl (C=O) groups is 2. The molecule has 0 bridgehead atoms. The van der Waals surface area contributed by atoms with E-state index in [4.69, 9.17) is 9.84 Å². The Morgan fingerprint density at radius 2 is 2.10 bits per heavy atom. The first kappa shape index (κ1) is 17.0. The Bertz CT molecular complexity index is 459. The highest BCUT2D eigenvalue weighted by Crippen LogP contribution is 2.15. The molecule has 0 saturated carbocycles. The van der Waals surface area contributed by atoms with Crippen molar-refractivity contribution in [3.8, 4) is 5.75 Å². The fourth-order valence-electron chi connectivity index (χ4n) is 1.85. The molecule has 0 aliphatic carbocycles. The van der Waals surface area contributed by atoms with Gasteiger partial charge < -0.3 is 15.2 Å². The van der Waals surface area contributed by atoms with Gasteiger partial charge in [0, 0.05) is 6.42 Å². The number of aliphatic carboxylic acids is 1. The van der Waals surface area contributed by atoms with Crippen LogP contribution in [-0.4, -0.2) is 30.1 Å². The largest absolute Gasteiger partial charge is 0.494 e. The van der Waals surface area contributed by atoms with E-state index in [1.54, 1.807) is 0 Å². The van der Waals surface area contributed by atoms with Crippen molar-refractivity contribution >= 4 is 11.9 Å². The molecular weight excluding hydrogens is 270 g/mol.